The van der Waals surface area contributed by atoms with E-state index in [1.54, 1.807) is 0 Å². The lowest BCUT2D eigenvalue weighted by Gasteiger charge is -2.40. The molecular weight excluding hydrogens is 324 g/mol. The third-order valence-electron chi connectivity index (χ3n) is 6.18. The molecule has 3 heterocycles. The molecule has 0 unspecified atom stereocenters. The minimum absolute atomic E-state index is 0.121. The Morgan fingerprint density at radius 2 is 1.73 bits per heavy atom. The van der Waals surface area contributed by atoms with Gasteiger partial charge in [0, 0.05) is 24.5 Å². The lowest BCUT2D eigenvalue weighted by atomic mass is 10.00. The monoisotopic (exact) mass is 354 g/mol. The van der Waals surface area contributed by atoms with E-state index < -0.39 is 0 Å². The minimum atomic E-state index is -0.121. The van der Waals surface area contributed by atoms with Gasteiger partial charge in [-0.05, 0) is 64.9 Å². The zero-order valence-electron chi connectivity index (χ0n) is 15.9. The fourth-order valence-corrected chi connectivity index (χ4v) is 4.63. The van der Waals surface area contributed by atoms with E-state index in [0.717, 1.165) is 48.8 Å². The molecule has 140 valence electrons. The molecule has 4 rings (SSSR count). The number of rotatable bonds is 4. The summed E-state index contributed by atoms with van der Waals surface area (Å²) in [4.78, 5) is 21.9. The number of fused-ring (bicyclic) bond motifs is 1. The van der Waals surface area contributed by atoms with Crippen LogP contribution in [0, 0.1) is 6.92 Å². The first kappa shape index (κ1) is 17.7. The Labute approximate surface area is 155 Å². The Kier molecular flexibility index (Phi) is 5.36. The zero-order chi connectivity index (χ0) is 17.9. The van der Waals surface area contributed by atoms with Crippen molar-refractivity contribution in [3.05, 3.63) is 40.4 Å². The van der Waals surface area contributed by atoms with Crippen LogP contribution in [0.1, 0.15) is 37.8 Å². The molecule has 0 atom stereocenters. The predicted molar refractivity (Wildman–Crippen MR) is 106 cm³/mol. The Bertz CT molecular complexity index is 801. The molecule has 0 N–H and O–H groups in total. The Balaban J connectivity index is 1.38. The minimum Gasteiger partial charge on any atom is -0.301 e. The zero-order valence-corrected chi connectivity index (χ0v) is 15.9. The van der Waals surface area contributed by atoms with Crippen molar-refractivity contribution in [2.45, 2.75) is 51.6 Å². The van der Waals surface area contributed by atoms with E-state index in [1.165, 1.54) is 45.2 Å². The first-order chi connectivity index (χ1) is 12.7. The average molecular weight is 354 g/mol. The molecule has 0 spiro atoms. The number of likely N-dealkylation sites (tertiary alicyclic amines) is 2. The van der Waals surface area contributed by atoms with Gasteiger partial charge in [-0.15, -0.1) is 0 Å². The van der Waals surface area contributed by atoms with E-state index >= 15 is 0 Å². The SMILES string of the molecule is Cc1nc(=O)n(CCN2CCC(N3CCCCC3)CC2)c2ccccc12. The summed E-state index contributed by atoms with van der Waals surface area (Å²) in [6.45, 7) is 8.45. The number of benzene rings is 1. The maximum Gasteiger partial charge on any atom is 0.348 e. The van der Waals surface area contributed by atoms with Crippen molar-refractivity contribution in [1.29, 1.82) is 0 Å². The van der Waals surface area contributed by atoms with Crippen molar-refractivity contribution in [3.8, 4) is 0 Å². The first-order valence-electron chi connectivity index (χ1n) is 10.1. The molecule has 2 fully saturated rings. The van der Waals surface area contributed by atoms with Crippen LogP contribution in [0.5, 0.6) is 0 Å². The second-order valence-electron chi connectivity index (χ2n) is 7.82. The number of hydrogen-bond donors (Lipinski definition) is 0. The summed E-state index contributed by atoms with van der Waals surface area (Å²) < 4.78 is 1.85. The summed E-state index contributed by atoms with van der Waals surface area (Å²) in [7, 11) is 0. The smallest absolute Gasteiger partial charge is 0.301 e. The van der Waals surface area contributed by atoms with Gasteiger partial charge in [-0.1, -0.05) is 24.6 Å². The van der Waals surface area contributed by atoms with Gasteiger partial charge >= 0.3 is 5.69 Å². The van der Waals surface area contributed by atoms with Crippen molar-refractivity contribution in [1.82, 2.24) is 19.4 Å². The topological polar surface area (TPSA) is 41.4 Å². The highest BCUT2D eigenvalue weighted by Crippen LogP contribution is 2.21. The van der Waals surface area contributed by atoms with Gasteiger partial charge in [-0.3, -0.25) is 4.57 Å². The van der Waals surface area contributed by atoms with Gasteiger partial charge in [0.1, 0.15) is 0 Å². The molecule has 1 aromatic carbocycles. The average Bonchev–Trinajstić information content (AvgIpc) is 2.69. The van der Waals surface area contributed by atoms with Crippen LogP contribution in [-0.4, -0.2) is 58.1 Å². The lowest BCUT2D eigenvalue weighted by molar-refractivity contribution is 0.0911. The molecule has 5 heteroatoms. The molecule has 0 amide bonds. The second-order valence-corrected chi connectivity index (χ2v) is 7.82. The van der Waals surface area contributed by atoms with Crippen LogP contribution >= 0.6 is 0 Å². The number of aryl methyl sites for hydroxylation is 1. The highest BCUT2D eigenvalue weighted by molar-refractivity contribution is 5.80. The van der Waals surface area contributed by atoms with Gasteiger partial charge in [-0.2, -0.15) is 4.98 Å². The fraction of sp³-hybridized carbons (Fsp3) is 0.619. The normalized spacial score (nSPS) is 20.7. The second kappa shape index (κ2) is 7.89. The molecule has 2 aromatic rings. The van der Waals surface area contributed by atoms with Crippen LogP contribution in [0.2, 0.25) is 0 Å². The molecular formula is C21H30N4O. The van der Waals surface area contributed by atoms with Crippen molar-refractivity contribution in [3.63, 3.8) is 0 Å². The number of nitrogens with zero attached hydrogens (tertiary/aromatic N) is 4. The lowest BCUT2D eigenvalue weighted by Crippen LogP contribution is -2.47. The molecule has 2 saturated heterocycles. The third-order valence-corrected chi connectivity index (χ3v) is 6.18. The van der Waals surface area contributed by atoms with Crippen LogP contribution < -0.4 is 5.69 Å². The van der Waals surface area contributed by atoms with Crippen molar-refractivity contribution < 1.29 is 0 Å². The van der Waals surface area contributed by atoms with E-state index in [9.17, 15) is 4.79 Å². The van der Waals surface area contributed by atoms with Gasteiger partial charge in [0.15, 0.2) is 0 Å². The molecule has 0 aliphatic carbocycles. The van der Waals surface area contributed by atoms with Crippen LogP contribution in [0.15, 0.2) is 29.1 Å². The third kappa shape index (κ3) is 3.69. The molecule has 5 nitrogen and oxygen atoms in total. The summed E-state index contributed by atoms with van der Waals surface area (Å²) in [5.41, 5.74) is 1.71. The standard InChI is InChI=1S/C21H30N4O/c1-17-19-7-3-4-8-20(19)25(21(26)22-17)16-15-23-13-9-18(10-14-23)24-11-5-2-6-12-24/h3-4,7-8,18H,2,5-6,9-16H2,1H3. The van der Waals surface area contributed by atoms with Gasteiger partial charge < -0.3 is 9.80 Å². The quantitative estimate of drug-likeness (QED) is 0.846. The van der Waals surface area contributed by atoms with E-state index in [1.807, 2.05) is 29.7 Å². The summed E-state index contributed by atoms with van der Waals surface area (Å²) in [6, 6.07) is 8.88. The number of para-hydroxylation sites is 1. The molecule has 0 radical (unpaired) electrons. The van der Waals surface area contributed by atoms with Gasteiger partial charge in [0.05, 0.1) is 11.2 Å². The van der Waals surface area contributed by atoms with Gasteiger partial charge in [0.25, 0.3) is 0 Å². The summed E-state index contributed by atoms with van der Waals surface area (Å²) in [6.07, 6.45) is 6.68. The molecule has 1 aromatic heterocycles. The molecule has 2 aliphatic heterocycles. The number of hydrogen-bond acceptors (Lipinski definition) is 4. The Hall–Kier alpha value is -1.72. The highest BCUT2D eigenvalue weighted by atomic mass is 16.1. The van der Waals surface area contributed by atoms with Crippen LogP contribution in [0.3, 0.4) is 0 Å². The maximum absolute atomic E-state index is 12.4. The first-order valence-corrected chi connectivity index (χ1v) is 10.1. The van der Waals surface area contributed by atoms with Gasteiger partial charge in [-0.25, -0.2) is 4.79 Å². The molecule has 2 aliphatic rings. The summed E-state index contributed by atoms with van der Waals surface area (Å²) >= 11 is 0. The predicted octanol–water partition coefficient (Wildman–Crippen LogP) is 2.66. The van der Waals surface area contributed by atoms with Crippen LogP contribution in [-0.2, 0) is 6.54 Å². The van der Waals surface area contributed by atoms with Crippen LogP contribution in [0.4, 0.5) is 0 Å². The van der Waals surface area contributed by atoms with Crippen molar-refractivity contribution >= 4 is 10.9 Å². The summed E-state index contributed by atoms with van der Waals surface area (Å²) in [5, 5.41) is 1.08. The molecule has 26 heavy (non-hydrogen) atoms. The summed E-state index contributed by atoms with van der Waals surface area (Å²) in [5.74, 6) is 0. The molecule has 0 saturated carbocycles. The van der Waals surface area contributed by atoms with Gasteiger partial charge in [0.2, 0.25) is 0 Å². The maximum atomic E-state index is 12.4. The van der Waals surface area contributed by atoms with E-state index in [0.29, 0.717) is 0 Å². The van der Waals surface area contributed by atoms with Crippen LogP contribution in [0.25, 0.3) is 10.9 Å². The number of piperidine rings is 2. The highest BCUT2D eigenvalue weighted by Gasteiger charge is 2.25. The fourth-order valence-electron chi connectivity index (χ4n) is 4.63. The van der Waals surface area contributed by atoms with E-state index in [-0.39, 0.29) is 5.69 Å². The van der Waals surface area contributed by atoms with Crippen molar-refractivity contribution in [2.24, 2.45) is 0 Å². The Morgan fingerprint density at radius 3 is 2.50 bits per heavy atom. The van der Waals surface area contributed by atoms with Crippen molar-refractivity contribution in [2.75, 3.05) is 32.7 Å². The molecule has 0 bridgehead atoms. The van der Waals surface area contributed by atoms with E-state index in [2.05, 4.69) is 20.9 Å². The Morgan fingerprint density at radius 1 is 1.00 bits per heavy atom. The van der Waals surface area contributed by atoms with E-state index in [4.69, 9.17) is 0 Å². The largest absolute Gasteiger partial charge is 0.348 e. The number of aromatic nitrogens is 2.